The summed E-state index contributed by atoms with van der Waals surface area (Å²) in [5.74, 6) is 0.611. The first kappa shape index (κ1) is 15.0. The molecule has 2 nitrogen and oxygen atoms in total. The lowest BCUT2D eigenvalue weighted by atomic mass is 10.0. The molecule has 4 heteroatoms. The molecule has 19 heavy (non-hydrogen) atoms. The highest BCUT2D eigenvalue weighted by molar-refractivity contribution is 6.35. The van der Waals surface area contributed by atoms with Gasteiger partial charge in [-0.05, 0) is 43.5 Å². The Labute approximate surface area is 126 Å². The van der Waals surface area contributed by atoms with E-state index in [0.29, 0.717) is 12.0 Å². The number of nitrogens with zero attached hydrogens (tertiary/aromatic N) is 1. The smallest absolute Gasteiger partial charge is 0.0643 e. The highest BCUT2D eigenvalue weighted by atomic mass is 35.5. The molecule has 1 aliphatic rings. The molecular weight excluding hydrogens is 279 g/mol. The molecule has 0 bridgehead atoms. The second kappa shape index (κ2) is 6.34. The van der Waals surface area contributed by atoms with Crippen LogP contribution in [0, 0.1) is 12.8 Å². The van der Waals surface area contributed by atoms with Crippen LogP contribution in [0.3, 0.4) is 0 Å². The van der Waals surface area contributed by atoms with Crippen molar-refractivity contribution in [1.82, 2.24) is 5.32 Å². The lowest BCUT2D eigenvalue weighted by molar-refractivity contribution is 0.420. The van der Waals surface area contributed by atoms with Crippen molar-refractivity contribution in [2.75, 3.05) is 24.5 Å². The maximum absolute atomic E-state index is 6.39. The monoisotopic (exact) mass is 300 g/mol. The fourth-order valence-electron chi connectivity index (χ4n) is 2.49. The highest BCUT2D eigenvalue weighted by Gasteiger charge is 2.22. The standard InChI is InChI=1S/C15H22Cl2N2/c1-10(2)14-9-19(6-4-5-18-14)15-8-12(16)11(3)7-13(15)17/h7-8,10,14,18H,4-6,9H2,1-3H3. The summed E-state index contributed by atoms with van der Waals surface area (Å²) in [5, 5.41) is 5.20. The van der Waals surface area contributed by atoms with Gasteiger partial charge in [0, 0.05) is 24.2 Å². The summed E-state index contributed by atoms with van der Waals surface area (Å²) >= 11 is 12.6. The SMILES string of the molecule is Cc1cc(Cl)c(N2CCCNC(C(C)C)C2)cc1Cl. The van der Waals surface area contributed by atoms with E-state index < -0.39 is 0 Å². The van der Waals surface area contributed by atoms with Gasteiger partial charge in [-0.15, -0.1) is 0 Å². The Balaban J connectivity index is 2.26. The van der Waals surface area contributed by atoms with Gasteiger partial charge in [-0.2, -0.15) is 0 Å². The number of aryl methyl sites for hydroxylation is 1. The minimum absolute atomic E-state index is 0.499. The van der Waals surface area contributed by atoms with E-state index in [1.54, 1.807) is 0 Å². The Hall–Kier alpha value is -0.440. The Morgan fingerprint density at radius 1 is 1.26 bits per heavy atom. The molecule has 1 atom stereocenters. The van der Waals surface area contributed by atoms with Crippen LogP contribution in [0.15, 0.2) is 12.1 Å². The second-order valence-corrected chi connectivity index (χ2v) is 6.47. The Bertz CT molecular complexity index is 446. The van der Waals surface area contributed by atoms with Gasteiger partial charge in [0.25, 0.3) is 0 Å². The third-order valence-corrected chi connectivity index (χ3v) is 4.51. The molecule has 0 amide bonds. The summed E-state index contributed by atoms with van der Waals surface area (Å²) in [5.41, 5.74) is 2.09. The zero-order valence-electron chi connectivity index (χ0n) is 11.8. The molecule has 1 heterocycles. The van der Waals surface area contributed by atoms with Crippen LogP contribution in [0.25, 0.3) is 0 Å². The van der Waals surface area contributed by atoms with Crippen LogP contribution in [0.5, 0.6) is 0 Å². The molecule has 0 aromatic heterocycles. The first-order valence-corrected chi connectivity index (χ1v) is 7.68. The number of anilines is 1. The van der Waals surface area contributed by atoms with Gasteiger partial charge in [0.05, 0.1) is 10.7 Å². The maximum Gasteiger partial charge on any atom is 0.0643 e. The van der Waals surface area contributed by atoms with Crippen molar-refractivity contribution in [1.29, 1.82) is 0 Å². The lowest BCUT2D eigenvalue weighted by Gasteiger charge is -2.29. The van der Waals surface area contributed by atoms with Gasteiger partial charge >= 0.3 is 0 Å². The number of hydrogen-bond donors (Lipinski definition) is 1. The van der Waals surface area contributed by atoms with Crippen LogP contribution in [-0.4, -0.2) is 25.7 Å². The molecule has 1 unspecified atom stereocenters. The molecule has 0 radical (unpaired) electrons. The topological polar surface area (TPSA) is 15.3 Å². The molecule has 1 aliphatic heterocycles. The molecule has 1 aromatic carbocycles. The van der Waals surface area contributed by atoms with Gasteiger partial charge < -0.3 is 10.2 Å². The minimum atomic E-state index is 0.499. The van der Waals surface area contributed by atoms with Gasteiger partial charge in [0.15, 0.2) is 0 Å². The van der Waals surface area contributed by atoms with Crippen LogP contribution in [0.1, 0.15) is 25.8 Å². The summed E-state index contributed by atoms with van der Waals surface area (Å²) in [7, 11) is 0. The van der Waals surface area contributed by atoms with E-state index in [0.717, 1.165) is 47.4 Å². The average Bonchev–Trinajstić information content (AvgIpc) is 2.59. The van der Waals surface area contributed by atoms with Crippen LogP contribution in [0.4, 0.5) is 5.69 Å². The van der Waals surface area contributed by atoms with Crippen molar-refractivity contribution in [2.45, 2.75) is 33.2 Å². The molecule has 1 aromatic rings. The zero-order chi connectivity index (χ0) is 14.0. The van der Waals surface area contributed by atoms with Crippen molar-refractivity contribution in [3.05, 3.63) is 27.7 Å². The number of nitrogens with one attached hydrogen (secondary N) is 1. The zero-order valence-corrected chi connectivity index (χ0v) is 13.4. The third-order valence-electron chi connectivity index (χ3n) is 3.80. The Kier molecular flexibility index (Phi) is 4.99. The van der Waals surface area contributed by atoms with Crippen molar-refractivity contribution >= 4 is 28.9 Å². The second-order valence-electron chi connectivity index (χ2n) is 5.66. The first-order chi connectivity index (χ1) is 8.99. The Morgan fingerprint density at radius 2 is 2.00 bits per heavy atom. The van der Waals surface area contributed by atoms with Crippen molar-refractivity contribution in [3.63, 3.8) is 0 Å². The minimum Gasteiger partial charge on any atom is -0.369 e. The fourth-order valence-corrected chi connectivity index (χ4v) is 2.99. The molecule has 106 valence electrons. The summed E-state index contributed by atoms with van der Waals surface area (Å²) in [6, 6.07) is 4.46. The lowest BCUT2D eigenvalue weighted by Crippen LogP contribution is -2.41. The van der Waals surface area contributed by atoms with Crippen LogP contribution < -0.4 is 10.2 Å². The molecule has 1 fully saturated rings. The summed E-state index contributed by atoms with van der Waals surface area (Å²) < 4.78 is 0. The third kappa shape index (κ3) is 3.56. The molecule has 0 aliphatic carbocycles. The number of rotatable bonds is 2. The number of halogens is 2. The first-order valence-electron chi connectivity index (χ1n) is 6.93. The number of hydrogen-bond acceptors (Lipinski definition) is 2. The normalized spacial score (nSPS) is 20.7. The van der Waals surface area contributed by atoms with E-state index >= 15 is 0 Å². The molecule has 0 spiro atoms. The summed E-state index contributed by atoms with van der Waals surface area (Å²) in [6.45, 7) is 9.57. The van der Waals surface area contributed by atoms with E-state index in [-0.39, 0.29) is 0 Å². The van der Waals surface area contributed by atoms with Gasteiger partial charge in [-0.3, -0.25) is 0 Å². The molecule has 2 rings (SSSR count). The predicted octanol–water partition coefficient (Wildman–Crippen LogP) is 4.13. The molecule has 1 N–H and O–H groups in total. The van der Waals surface area contributed by atoms with Gasteiger partial charge in [0.1, 0.15) is 0 Å². The molecular formula is C15H22Cl2N2. The van der Waals surface area contributed by atoms with E-state index in [1.165, 1.54) is 0 Å². The van der Waals surface area contributed by atoms with Crippen molar-refractivity contribution < 1.29 is 0 Å². The van der Waals surface area contributed by atoms with Crippen LogP contribution >= 0.6 is 23.2 Å². The van der Waals surface area contributed by atoms with Crippen molar-refractivity contribution in [3.8, 4) is 0 Å². The Morgan fingerprint density at radius 3 is 2.68 bits per heavy atom. The molecule has 1 saturated heterocycles. The maximum atomic E-state index is 6.39. The van der Waals surface area contributed by atoms with E-state index in [1.807, 2.05) is 19.1 Å². The number of benzene rings is 1. The van der Waals surface area contributed by atoms with Crippen LogP contribution in [-0.2, 0) is 0 Å². The van der Waals surface area contributed by atoms with Gasteiger partial charge in [-0.25, -0.2) is 0 Å². The van der Waals surface area contributed by atoms with E-state index in [2.05, 4.69) is 24.1 Å². The van der Waals surface area contributed by atoms with E-state index in [4.69, 9.17) is 23.2 Å². The largest absolute Gasteiger partial charge is 0.369 e. The highest BCUT2D eigenvalue weighted by Crippen LogP contribution is 2.32. The quantitative estimate of drug-likeness (QED) is 0.883. The summed E-state index contributed by atoms with van der Waals surface area (Å²) in [6.07, 6.45) is 1.13. The van der Waals surface area contributed by atoms with Crippen molar-refractivity contribution in [2.24, 2.45) is 5.92 Å². The van der Waals surface area contributed by atoms with Crippen LogP contribution in [0.2, 0.25) is 10.0 Å². The fraction of sp³-hybridized carbons (Fsp3) is 0.600. The van der Waals surface area contributed by atoms with Gasteiger partial charge in [0.2, 0.25) is 0 Å². The van der Waals surface area contributed by atoms with E-state index in [9.17, 15) is 0 Å². The average molecular weight is 301 g/mol. The molecule has 0 saturated carbocycles. The summed E-state index contributed by atoms with van der Waals surface area (Å²) in [4.78, 5) is 2.36. The van der Waals surface area contributed by atoms with Gasteiger partial charge in [-0.1, -0.05) is 37.0 Å². The predicted molar refractivity (Wildman–Crippen MR) is 84.7 cm³/mol.